The number of aliphatic hydroxyl groups is 1. The molecule has 0 radical (unpaired) electrons. The molecular formula is C15H21NO4S. The van der Waals surface area contributed by atoms with Gasteiger partial charge >= 0.3 is 0 Å². The van der Waals surface area contributed by atoms with Crippen LogP contribution in [0.15, 0.2) is 29.2 Å². The van der Waals surface area contributed by atoms with Gasteiger partial charge in [-0.1, -0.05) is 17.7 Å². The molecular weight excluding hydrogens is 290 g/mol. The van der Waals surface area contributed by atoms with Crippen LogP contribution in [0.1, 0.15) is 12.0 Å². The van der Waals surface area contributed by atoms with Crippen molar-refractivity contribution in [1.29, 1.82) is 0 Å². The average Bonchev–Trinajstić information content (AvgIpc) is 2.88. The predicted molar refractivity (Wildman–Crippen MR) is 78.4 cm³/mol. The number of sulfonamides is 1. The number of hydrogen-bond donors (Lipinski definition) is 1. The van der Waals surface area contributed by atoms with E-state index in [2.05, 4.69) is 0 Å². The Balaban J connectivity index is 1.89. The minimum atomic E-state index is -3.50. The molecule has 0 amide bonds. The van der Waals surface area contributed by atoms with Crippen molar-refractivity contribution in [2.45, 2.75) is 18.2 Å². The second-order valence-electron chi connectivity index (χ2n) is 6.17. The molecule has 0 bridgehead atoms. The summed E-state index contributed by atoms with van der Waals surface area (Å²) in [5.74, 6) is 0.177. The molecule has 2 aliphatic heterocycles. The minimum Gasteiger partial charge on any atom is -0.396 e. The Hall–Kier alpha value is -0.950. The lowest BCUT2D eigenvalue weighted by atomic mass is 9.76. The average molecular weight is 311 g/mol. The lowest BCUT2D eigenvalue weighted by Gasteiger charge is -2.36. The molecule has 5 nitrogen and oxygen atoms in total. The summed E-state index contributed by atoms with van der Waals surface area (Å²) >= 11 is 0. The van der Waals surface area contributed by atoms with E-state index in [0.717, 1.165) is 12.0 Å². The molecule has 116 valence electrons. The molecule has 21 heavy (non-hydrogen) atoms. The van der Waals surface area contributed by atoms with Crippen molar-refractivity contribution in [2.75, 3.05) is 32.9 Å². The first kappa shape index (κ1) is 15.0. The monoisotopic (exact) mass is 311 g/mol. The van der Waals surface area contributed by atoms with Gasteiger partial charge in [-0.05, 0) is 31.4 Å². The highest BCUT2D eigenvalue weighted by Crippen LogP contribution is 2.42. The molecule has 3 rings (SSSR count). The maximum Gasteiger partial charge on any atom is 0.243 e. The lowest BCUT2D eigenvalue weighted by Crippen LogP contribution is -2.43. The third-order valence-electron chi connectivity index (χ3n) is 4.76. The molecule has 0 saturated carbocycles. The standard InChI is InChI=1S/C15H21NO4S/c1-12-2-4-14(5-3-12)21(18,19)16-8-13-6-7-20-11-15(13,9-16)10-17/h2-5,13,17H,6-11H2,1H3/t13-,15+/m0/s1. The first-order valence-electron chi connectivity index (χ1n) is 7.23. The van der Waals surface area contributed by atoms with Crippen molar-refractivity contribution >= 4 is 10.0 Å². The van der Waals surface area contributed by atoms with Crippen LogP contribution in [-0.4, -0.2) is 50.7 Å². The molecule has 2 heterocycles. The summed E-state index contributed by atoms with van der Waals surface area (Å²) in [6, 6.07) is 6.91. The van der Waals surface area contributed by atoms with E-state index < -0.39 is 15.4 Å². The summed E-state index contributed by atoms with van der Waals surface area (Å²) in [6.07, 6.45) is 0.806. The first-order valence-corrected chi connectivity index (χ1v) is 8.67. The van der Waals surface area contributed by atoms with Crippen molar-refractivity contribution < 1.29 is 18.3 Å². The van der Waals surface area contributed by atoms with E-state index >= 15 is 0 Å². The van der Waals surface area contributed by atoms with Crippen LogP contribution >= 0.6 is 0 Å². The van der Waals surface area contributed by atoms with E-state index in [4.69, 9.17) is 4.74 Å². The quantitative estimate of drug-likeness (QED) is 0.905. The number of rotatable bonds is 3. The van der Waals surface area contributed by atoms with Crippen LogP contribution in [0, 0.1) is 18.3 Å². The molecule has 1 N–H and O–H groups in total. The van der Waals surface area contributed by atoms with Crippen molar-refractivity contribution in [2.24, 2.45) is 11.3 Å². The highest BCUT2D eigenvalue weighted by atomic mass is 32.2. The summed E-state index contributed by atoms with van der Waals surface area (Å²) in [5.41, 5.74) is 0.597. The van der Waals surface area contributed by atoms with E-state index in [1.807, 2.05) is 6.92 Å². The number of ether oxygens (including phenoxy) is 1. The van der Waals surface area contributed by atoms with E-state index in [0.29, 0.717) is 31.2 Å². The maximum atomic E-state index is 12.8. The van der Waals surface area contributed by atoms with Crippen molar-refractivity contribution in [3.8, 4) is 0 Å². The van der Waals surface area contributed by atoms with Crippen molar-refractivity contribution in [3.63, 3.8) is 0 Å². The van der Waals surface area contributed by atoms with Gasteiger partial charge in [-0.25, -0.2) is 8.42 Å². The lowest BCUT2D eigenvalue weighted by molar-refractivity contribution is -0.0552. The number of hydrogen-bond acceptors (Lipinski definition) is 4. The van der Waals surface area contributed by atoms with Crippen molar-refractivity contribution in [1.82, 2.24) is 4.31 Å². The van der Waals surface area contributed by atoms with E-state index in [9.17, 15) is 13.5 Å². The number of aliphatic hydroxyl groups excluding tert-OH is 1. The largest absolute Gasteiger partial charge is 0.396 e. The molecule has 0 spiro atoms. The van der Waals surface area contributed by atoms with Gasteiger partial charge in [-0.15, -0.1) is 0 Å². The molecule has 0 unspecified atom stereocenters. The van der Waals surface area contributed by atoms with Gasteiger partial charge in [0, 0.05) is 25.1 Å². The number of fused-ring (bicyclic) bond motifs is 1. The smallest absolute Gasteiger partial charge is 0.243 e. The van der Waals surface area contributed by atoms with Gasteiger partial charge in [-0.3, -0.25) is 0 Å². The zero-order valence-corrected chi connectivity index (χ0v) is 13.0. The second kappa shape index (κ2) is 5.35. The Morgan fingerprint density at radius 3 is 2.71 bits per heavy atom. The van der Waals surface area contributed by atoms with Gasteiger partial charge in [0.25, 0.3) is 0 Å². The van der Waals surface area contributed by atoms with Crippen LogP contribution in [0.2, 0.25) is 0 Å². The van der Waals surface area contributed by atoms with Gasteiger partial charge in [0.2, 0.25) is 10.0 Å². The first-order chi connectivity index (χ1) is 9.98. The third-order valence-corrected chi connectivity index (χ3v) is 6.58. The third kappa shape index (κ3) is 2.50. The molecule has 2 aliphatic rings. The number of aryl methyl sites for hydroxylation is 1. The zero-order valence-electron chi connectivity index (χ0n) is 12.2. The molecule has 1 aromatic carbocycles. The fourth-order valence-corrected chi connectivity index (χ4v) is 4.89. The summed E-state index contributed by atoms with van der Waals surface area (Å²) in [6.45, 7) is 3.79. The van der Waals surface area contributed by atoms with Gasteiger partial charge < -0.3 is 9.84 Å². The highest BCUT2D eigenvalue weighted by Gasteiger charge is 2.51. The summed E-state index contributed by atoms with van der Waals surface area (Å²) < 4.78 is 32.5. The Bertz CT molecular complexity index is 613. The van der Waals surface area contributed by atoms with Gasteiger partial charge in [0.05, 0.1) is 18.1 Å². The Kier molecular flexibility index (Phi) is 3.81. The fourth-order valence-electron chi connectivity index (χ4n) is 3.31. The van der Waals surface area contributed by atoms with Crippen LogP contribution in [0.5, 0.6) is 0 Å². The zero-order chi connectivity index (χ0) is 15.1. The molecule has 0 aliphatic carbocycles. The van der Waals surface area contributed by atoms with Gasteiger partial charge in [-0.2, -0.15) is 4.31 Å². The molecule has 0 aromatic heterocycles. The summed E-state index contributed by atoms with van der Waals surface area (Å²) in [5, 5.41) is 9.74. The summed E-state index contributed by atoms with van der Waals surface area (Å²) in [4.78, 5) is 0.320. The Morgan fingerprint density at radius 2 is 2.10 bits per heavy atom. The number of benzene rings is 1. The molecule has 6 heteroatoms. The highest BCUT2D eigenvalue weighted by molar-refractivity contribution is 7.89. The Morgan fingerprint density at radius 1 is 1.38 bits per heavy atom. The van der Waals surface area contributed by atoms with E-state index in [1.54, 1.807) is 24.3 Å². The van der Waals surface area contributed by atoms with Crippen LogP contribution in [0.4, 0.5) is 0 Å². The summed E-state index contributed by atoms with van der Waals surface area (Å²) in [7, 11) is -3.50. The molecule has 2 fully saturated rings. The van der Waals surface area contributed by atoms with Crippen LogP contribution in [-0.2, 0) is 14.8 Å². The predicted octanol–water partition coefficient (Wildman–Crippen LogP) is 1.01. The normalized spacial score (nSPS) is 30.3. The Labute approximate surface area is 125 Å². The van der Waals surface area contributed by atoms with E-state index in [1.165, 1.54) is 4.31 Å². The van der Waals surface area contributed by atoms with Gasteiger partial charge in [0.15, 0.2) is 0 Å². The van der Waals surface area contributed by atoms with Crippen molar-refractivity contribution in [3.05, 3.63) is 29.8 Å². The SMILES string of the molecule is Cc1ccc(S(=O)(=O)N2C[C@@H]3CCOC[C@]3(CO)C2)cc1. The minimum absolute atomic E-state index is 0.0302. The van der Waals surface area contributed by atoms with Crippen LogP contribution in [0.25, 0.3) is 0 Å². The number of nitrogens with zero attached hydrogens (tertiary/aromatic N) is 1. The van der Waals surface area contributed by atoms with Crippen LogP contribution in [0.3, 0.4) is 0 Å². The molecule has 2 atom stereocenters. The maximum absolute atomic E-state index is 12.8. The van der Waals surface area contributed by atoms with Crippen LogP contribution < -0.4 is 0 Å². The topological polar surface area (TPSA) is 66.8 Å². The van der Waals surface area contributed by atoms with Gasteiger partial charge in [0.1, 0.15) is 0 Å². The second-order valence-corrected chi connectivity index (χ2v) is 8.11. The fraction of sp³-hybridized carbons (Fsp3) is 0.600. The van der Waals surface area contributed by atoms with E-state index in [-0.39, 0.29) is 12.5 Å². The molecule has 2 saturated heterocycles. The molecule has 1 aromatic rings.